The average Bonchev–Trinajstić information content (AvgIpc) is 2.57. The van der Waals surface area contributed by atoms with Crippen LogP contribution in [-0.2, 0) is 0 Å². The molecule has 0 radical (unpaired) electrons. The van der Waals surface area contributed by atoms with E-state index < -0.39 is 0 Å². The van der Waals surface area contributed by atoms with Crippen molar-refractivity contribution >= 4 is 34.9 Å². The summed E-state index contributed by atoms with van der Waals surface area (Å²) < 4.78 is 0. The highest BCUT2D eigenvalue weighted by Gasteiger charge is 1.94. The third-order valence-electron chi connectivity index (χ3n) is 3.16. The van der Waals surface area contributed by atoms with Crippen LogP contribution in [0.2, 0.25) is 5.02 Å². The number of aliphatic imine (C=N–C) groups is 1. The van der Waals surface area contributed by atoms with Crippen LogP contribution in [-0.4, -0.2) is 6.21 Å². The minimum atomic E-state index is 0.730. The summed E-state index contributed by atoms with van der Waals surface area (Å²) in [6, 6.07) is 25.7. The fourth-order valence-corrected chi connectivity index (χ4v) is 2.14. The molecule has 3 heteroatoms. The predicted octanol–water partition coefficient (Wildman–Crippen LogP) is 5.83. The zero-order valence-electron chi connectivity index (χ0n) is 11.9. The highest BCUT2D eigenvalue weighted by atomic mass is 35.5. The van der Waals surface area contributed by atoms with E-state index in [1.54, 1.807) is 0 Å². The molecule has 0 spiro atoms. The van der Waals surface area contributed by atoms with Crippen molar-refractivity contribution in [3.8, 4) is 0 Å². The normalized spacial score (nSPS) is 10.8. The van der Waals surface area contributed by atoms with Gasteiger partial charge in [-0.2, -0.15) is 0 Å². The van der Waals surface area contributed by atoms with Gasteiger partial charge >= 0.3 is 0 Å². The van der Waals surface area contributed by atoms with Gasteiger partial charge in [0, 0.05) is 22.6 Å². The maximum atomic E-state index is 5.86. The van der Waals surface area contributed by atoms with Gasteiger partial charge in [-0.1, -0.05) is 41.9 Å². The van der Waals surface area contributed by atoms with Crippen LogP contribution in [0.1, 0.15) is 5.56 Å². The summed E-state index contributed by atoms with van der Waals surface area (Å²) in [6.45, 7) is 0. The minimum Gasteiger partial charge on any atom is -0.356 e. The smallest absolute Gasteiger partial charge is 0.0631 e. The Bertz CT molecular complexity index is 748. The minimum absolute atomic E-state index is 0.730. The predicted molar refractivity (Wildman–Crippen MR) is 94.9 cm³/mol. The van der Waals surface area contributed by atoms with E-state index in [1.807, 2.05) is 85.1 Å². The molecule has 0 atom stereocenters. The molecule has 2 nitrogen and oxygen atoms in total. The number of anilines is 2. The number of nitrogens with one attached hydrogen (secondary N) is 1. The van der Waals surface area contributed by atoms with Gasteiger partial charge in [0.1, 0.15) is 0 Å². The van der Waals surface area contributed by atoms with Gasteiger partial charge in [0.15, 0.2) is 0 Å². The molecule has 0 aromatic heterocycles. The van der Waals surface area contributed by atoms with Crippen LogP contribution < -0.4 is 5.32 Å². The summed E-state index contributed by atoms with van der Waals surface area (Å²) in [6.07, 6.45) is 1.83. The summed E-state index contributed by atoms with van der Waals surface area (Å²) in [4.78, 5) is 4.46. The first-order valence-electron chi connectivity index (χ1n) is 7.01. The van der Waals surface area contributed by atoms with E-state index in [2.05, 4.69) is 10.3 Å². The lowest BCUT2D eigenvalue weighted by Crippen LogP contribution is -1.88. The monoisotopic (exact) mass is 306 g/mol. The topological polar surface area (TPSA) is 24.4 Å². The highest BCUT2D eigenvalue weighted by molar-refractivity contribution is 6.30. The first kappa shape index (κ1) is 14.4. The second-order valence-electron chi connectivity index (χ2n) is 4.85. The van der Waals surface area contributed by atoms with Crippen LogP contribution >= 0.6 is 11.6 Å². The number of rotatable bonds is 4. The zero-order chi connectivity index (χ0) is 15.2. The molecule has 0 amide bonds. The number of nitrogens with zero attached hydrogens (tertiary/aromatic N) is 1. The molecule has 3 rings (SSSR count). The van der Waals surface area contributed by atoms with Crippen LogP contribution in [0.15, 0.2) is 83.9 Å². The standard InChI is InChI=1S/C19H15ClN2/c20-16-8-6-15(7-9-16)14-21-17-10-12-19(13-11-17)22-18-4-2-1-3-5-18/h1-14,22H. The molecule has 0 aliphatic heterocycles. The number of benzene rings is 3. The first-order valence-corrected chi connectivity index (χ1v) is 7.39. The summed E-state index contributed by atoms with van der Waals surface area (Å²) in [5.74, 6) is 0. The van der Waals surface area contributed by atoms with E-state index in [-0.39, 0.29) is 0 Å². The SMILES string of the molecule is Clc1ccc(C=Nc2ccc(Nc3ccccc3)cc2)cc1. The van der Waals surface area contributed by atoms with Gasteiger partial charge < -0.3 is 5.32 Å². The number of hydrogen-bond donors (Lipinski definition) is 1. The quantitative estimate of drug-likeness (QED) is 0.602. The molecule has 3 aromatic carbocycles. The Morgan fingerprint density at radius 3 is 2.05 bits per heavy atom. The fraction of sp³-hybridized carbons (Fsp3) is 0. The molecule has 0 fully saturated rings. The summed E-state index contributed by atoms with van der Waals surface area (Å²) >= 11 is 5.86. The van der Waals surface area contributed by atoms with Crippen molar-refractivity contribution in [2.24, 2.45) is 4.99 Å². The van der Waals surface area contributed by atoms with E-state index in [4.69, 9.17) is 11.6 Å². The van der Waals surface area contributed by atoms with Crippen LogP contribution in [0, 0.1) is 0 Å². The van der Waals surface area contributed by atoms with Crippen LogP contribution in [0.5, 0.6) is 0 Å². The molecular formula is C19H15ClN2. The van der Waals surface area contributed by atoms with Crippen LogP contribution in [0.4, 0.5) is 17.1 Å². The number of hydrogen-bond acceptors (Lipinski definition) is 2. The molecule has 0 unspecified atom stereocenters. The average molecular weight is 307 g/mol. The molecule has 0 saturated heterocycles. The molecule has 0 saturated carbocycles. The van der Waals surface area contributed by atoms with Crippen molar-refractivity contribution in [2.45, 2.75) is 0 Å². The molecule has 0 aliphatic rings. The molecular weight excluding hydrogens is 292 g/mol. The maximum Gasteiger partial charge on any atom is 0.0631 e. The molecule has 0 bridgehead atoms. The third-order valence-corrected chi connectivity index (χ3v) is 3.41. The lowest BCUT2D eigenvalue weighted by Gasteiger charge is -2.06. The molecule has 22 heavy (non-hydrogen) atoms. The second kappa shape index (κ2) is 6.92. The maximum absolute atomic E-state index is 5.86. The van der Waals surface area contributed by atoms with Gasteiger partial charge in [0.05, 0.1) is 5.69 Å². The van der Waals surface area contributed by atoms with Crippen molar-refractivity contribution in [2.75, 3.05) is 5.32 Å². The Hall–Kier alpha value is -2.58. The van der Waals surface area contributed by atoms with Gasteiger partial charge in [-0.3, -0.25) is 4.99 Å². The van der Waals surface area contributed by atoms with Crippen LogP contribution in [0.25, 0.3) is 0 Å². The Labute approximate surface area is 135 Å². The van der Waals surface area contributed by atoms with E-state index in [1.165, 1.54) is 0 Å². The van der Waals surface area contributed by atoms with Crippen molar-refractivity contribution < 1.29 is 0 Å². The van der Waals surface area contributed by atoms with Gasteiger partial charge in [-0.25, -0.2) is 0 Å². The molecule has 3 aromatic rings. The van der Waals surface area contributed by atoms with Crippen LogP contribution in [0.3, 0.4) is 0 Å². The molecule has 1 N–H and O–H groups in total. The highest BCUT2D eigenvalue weighted by Crippen LogP contribution is 2.20. The summed E-state index contributed by atoms with van der Waals surface area (Å²) in [7, 11) is 0. The van der Waals surface area contributed by atoms with E-state index in [9.17, 15) is 0 Å². The second-order valence-corrected chi connectivity index (χ2v) is 5.28. The molecule has 108 valence electrons. The first-order chi connectivity index (χ1) is 10.8. The number of para-hydroxylation sites is 1. The van der Waals surface area contributed by atoms with Crippen molar-refractivity contribution in [1.29, 1.82) is 0 Å². The van der Waals surface area contributed by atoms with Crippen molar-refractivity contribution in [3.05, 3.63) is 89.4 Å². The van der Waals surface area contributed by atoms with E-state index in [0.717, 1.165) is 27.6 Å². The molecule has 0 aliphatic carbocycles. The summed E-state index contributed by atoms with van der Waals surface area (Å²) in [5.41, 5.74) is 4.04. The third kappa shape index (κ3) is 3.96. The van der Waals surface area contributed by atoms with Gasteiger partial charge in [-0.05, 0) is 54.1 Å². The Morgan fingerprint density at radius 2 is 1.36 bits per heavy atom. The lowest BCUT2D eigenvalue weighted by molar-refractivity contribution is 1.50. The van der Waals surface area contributed by atoms with Crippen molar-refractivity contribution in [1.82, 2.24) is 0 Å². The lowest BCUT2D eigenvalue weighted by atomic mass is 10.2. The zero-order valence-corrected chi connectivity index (χ0v) is 12.7. The Kier molecular flexibility index (Phi) is 4.52. The van der Waals surface area contributed by atoms with Gasteiger partial charge in [-0.15, -0.1) is 0 Å². The number of halogens is 1. The Balaban J connectivity index is 1.67. The fourth-order valence-electron chi connectivity index (χ4n) is 2.02. The van der Waals surface area contributed by atoms with Crippen molar-refractivity contribution in [3.63, 3.8) is 0 Å². The van der Waals surface area contributed by atoms with E-state index in [0.29, 0.717) is 0 Å². The largest absolute Gasteiger partial charge is 0.356 e. The summed E-state index contributed by atoms with van der Waals surface area (Å²) in [5, 5.41) is 4.07. The van der Waals surface area contributed by atoms with Gasteiger partial charge in [0.25, 0.3) is 0 Å². The molecule has 0 heterocycles. The van der Waals surface area contributed by atoms with E-state index >= 15 is 0 Å². The Morgan fingerprint density at radius 1 is 0.727 bits per heavy atom. The van der Waals surface area contributed by atoms with Gasteiger partial charge in [0.2, 0.25) is 0 Å².